The standard InChI is InChI=1S/C20H22N2O4/c1-21-11-5-7-15(21)13-22(14-16-8-6-12-26-16)20(23)19-17(24-2)9-4-10-18(19)25-3/h4-12H,13-14H2,1-3H3. The van der Waals surface area contributed by atoms with Gasteiger partial charge in [0, 0.05) is 18.9 Å². The lowest BCUT2D eigenvalue weighted by molar-refractivity contribution is 0.0707. The molecule has 6 heteroatoms. The molecule has 0 unspecified atom stereocenters. The van der Waals surface area contributed by atoms with Gasteiger partial charge in [0.05, 0.1) is 33.6 Å². The Morgan fingerprint density at radius 3 is 2.31 bits per heavy atom. The van der Waals surface area contributed by atoms with E-state index in [2.05, 4.69) is 0 Å². The zero-order valence-electron chi connectivity index (χ0n) is 15.1. The third-order valence-electron chi connectivity index (χ3n) is 4.26. The Morgan fingerprint density at radius 1 is 1.04 bits per heavy atom. The van der Waals surface area contributed by atoms with Crippen molar-refractivity contribution in [1.82, 2.24) is 9.47 Å². The van der Waals surface area contributed by atoms with Gasteiger partial charge in [0.2, 0.25) is 0 Å². The lowest BCUT2D eigenvalue weighted by Gasteiger charge is -2.24. The molecule has 0 bridgehead atoms. The molecule has 0 aliphatic carbocycles. The lowest BCUT2D eigenvalue weighted by atomic mass is 10.1. The molecule has 136 valence electrons. The van der Waals surface area contributed by atoms with E-state index in [1.54, 1.807) is 43.6 Å². The second-order valence-corrected chi connectivity index (χ2v) is 5.89. The first-order valence-corrected chi connectivity index (χ1v) is 8.27. The van der Waals surface area contributed by atoms with Crippen molar-refractivity contribution in [1.29, 1.82) is 0 Å². The molecule has 2 aromatic heterocycles. The number of hydrogen-bond donors (Lipinski definition) is 0. The minimum absolute atomic E-state index is 0.183. The number of methoxy groups -OCH3 is 2. The van der Waals surface area contributed by atoms with Crippen LogP contribution in [0.15, 0.2) is 59.3 Å². The quantitative estimate of drug-likeness (QED) is 0.652. The van der Waals surface area contributed by atoms with Gasteiger partial charge in [-0.15, -0.1) is 0 Å². The predicted octanol–water partition coefficient (Wildman–Crippen LogP) is 3.48. The summed E-state index contributed by atoms with van der Waals surface area (Å²) in [5, 5.41) is 0. The molecule has 6 nitrogen and oxygen atoms in total. The van der Waals surface area contributed by atoms with E-state index in [0.29, 0.717) is 35.9 Å². The van der Waals surface area contributed by atoms with E-state index >= 15 is 0 Å². The monoisotopic (exact) mass is 354 g/mol. The van der Waals surface area contributed by atoms with Gasteiger partial charge in [-0.05, 0) is 36.4 Å². The van der Waals surface area contributed by atoms with Crippen molar-refractivity contribution in [2.75, 3.05) is 14.2 Å². The van der Waals surface area contributed by atoms with Crippen LogP contribution in [0.2, 0.25) is 0 Å². The fourth-order valence-electron chi connectivity index (χ4n) is 2.87. The van der Waals surface area contributed by atoms with Crippen molar-refractivity contribution >= 4 is 5.91 Å². The van der Waals surface area contributed by atoms with Gasteiger partial charge in [0.15, 0.2) is 0 Å². The summed E-state index contributed by atoms with van der Waals surface area (Å²) in [6.45, 7) is 0.780. The second kappa shape index (κ2) is 7.82. The van der Waals surface area contributed by atoms with E-state index in [1.165, 1.54) is 0 Å². The van der Waals surface area contributed by atoms with Gasteiger partial charge in [-0.25, -0.2) is 0 Å². The Hall–Kier alpha value is -3.15. The van der Waals surface area contributed by atoms with E-state index in [-0.39, 0.29) is 5.91 Å². The van der Waals surface area contributed by atoms with Crippen LogP contribution in [0, 0.1) is 0 Å². The summed E-state index contributed by atoms with van der Waals surface area (Å²) in [5.41, 5.74) is 1.41. The van der Waals surface area contributed by atoms with Gasteiger partial charge in [-0.1, -0.05) is 6.07 Å². The smallest absolute Gasteiger partial charge is 0.262 e. The molecule has 26 heavy (non-hydrogen) atoms. The van der Waals surface area contributed by atoms with E-state index in [4.69, 9.17) is 13.9 Å². The molecular weight excluding hydrogens is 332 g/mol. The van der Waals surface area contributed by atoms with Gasteiger partial charge in [0.25, 0.3) is 5.91 Å². The van der Waals surface area contributed by atoms with Crippen LogP contribution < -0.4 is 9.47 Å². The number of carbonyl (C=O) groups excluding carboxylic acids is 1. The highest BCUT2D eigenvalue weighted by atomic mass is 16.5. The van der Waals surface area contributed by atoms with Gasteiger partial charge >= 0.3 is 0 Å². The molecule has 0 fully saturated rings. The third-order valence-corrected chi connectivity index (χ3v) is 4.26. The summed E-state index contributed by atoms with van der Waals surface area (Å²) in [5.74, 6) is 1.48. The number of furan rings is 1. The zero-order valence-corrected chi connectivity index (χ0v) is 15.1. The molecule has 0 saturated heterocycles. The molecule has 3 aromatic rings. The molecule has 0 saturated carbocycles. The highest BCUT2D eigenvalue weighted by Gasteiger charge is 2.25. The van der Waals surface area contributed by atoms with Crippen LogP contribution in [-0.2, 0) is 20.1 Å². The number of aromatic nitrogens is 1. The Morgan fingerprint density at radius 2 is 1.77 bits per heavy atom. The highest BCUT2D eigenvalue weighted by Crippen LogP contribution is 2.30. The Kier molecular flexibility index (Phi) is 5.31. The topological polar surface area (TPSA) is 56.8 Å². The summed E-state index contributed by atoms with van der Waals surface area (Å²) in [6, 6.07) is 12.9. The fraction of sp³-hybridized carbons (Fsp3) is 0.250. The first kappa shape index (κ1) is 17.7. The first-order chi connectivity index (χ1) is 12.6. The molecule has 3 rings (SSSR count). The maximum Gasteiger partial charge on any atom is 0.262 e. The van der Waals surface area contributed by atoms with E-state index < -0.39 is 0 Å². The summed E-state index contributed by atoms with van der Waals surface area (Å²) in [4.78, 5) is 15.1. The van der Waals surface area contributed by atoms with Crippen molar-refractivity contribution in [2.45, 2.75) is 13.1 Å². The summed E-state index contributed by atoms with van der Waals surface area (Å²) >= 11 is 0. The number of hydrogen-bond acceptors (Lipinski definition) is 4. The van der Waals surface area contributed by atoms with Gasteiger partial charge in [0.1, 0.15) is 22.8 Å². The van der Waals surface area contributed by atoms with Gasteiger partial charge in [-0.3, -0.25) is 4.79 Å². The van der Waals surface area contributed by atoms with Crippen molar-refractivity contribution in [3.05, 3.63) is 71.9 Å². The average Bonchev–Trinajstić information content (AvgIpc) is 3.32. The molecular formula is C20H22N2O4. The van der Waals surface area contributed by atoms with Crippen molar-refractivity contribution in [3.63, 3.8) is 0 Å². The first-order valence-electron chi connectivity index (χ1n) is 8.27. The Balaban J connectivity index is 1.98. The predicted molar refractivity (Wildman–Crippen MR) is 97.2 cm³/mol. The van der Waals surface area contributed by atoms with Crippen LogP contribution >= 0.6 is 0 Å². The Labute approximate surface area is 152 Å². The van der Waals surface area contributed by atoms with Crippen LogP contribution in [-0.4, -0.2) is 29.6 Å². The van der Waals surface area contributed by atoms with Crippen LogP contribution in [0.5, 0.6) is 11.5 Å². The summed E-state index contributed by atoms with van der Waals surface area (Å²) in [6.07, 6.45) is 3.55. The minimum atomic E-state index is -0.183. The third kappa shape index (κ3) is 3.59. The van der Waals surface area contributed by atoms with Crippen LogP contribution in [0.1, 0.15) is 21.8 Å². The van der Waals surface area contributed by atoms with E-state index in [9.17, 15) is 4.79 Å². The lowest BCUT2D eigenvalue weighted by Crippen LogP contribution is -2.31. The Bertz CT molecular complexity index is 846. The molecule has 0 aliphatic rings. The van der Waals surface area contributed by atoms with Crippen LogP contribution in [0.4, 0.5) is 0 Å². The van der Waals surface area contributed by atoms with Crippen molar-refractivity contribution < 1.29 is 18.7 Å². The highest BCUT2D eigenvalue weighted by molar-refractivity contribution is 5.99. The summed E-state index contributed by atoms with van der Waals surface area (Å²) in [7, 11) is 5.04. The minimum Gasteiger partial charge on any atom is -0.496 e. The van der Waals surface area contributed by atoms with Crippen molar-refractivity contribution in [2.24, 2.45) is 7.05 Å². The number of nitrogens with zero attached hydrogens (tertiary/aromatic N) is 2. The number of ether oxygens (including phenoxy) is 2. The van der Waals surface area contributed by atoms with E-state index in [1.807, 2.05) is 42.1 Å². The molecule has 1 amide bonds. The fourth-order valence-corrected chi connectivity index (χ4v) is 2.87. The molecule has 2 heterocycles. The molecule has 0 aliphatic heterocycles. The molecule has 0 spiro atoms. The molecule has 0 atom stereocenters. The second-order valence-electron chi connectivity index (χ2n) is 5.89. The molecule has 0 N–H and O–H groups in total. The molecule has 1 aromatic carbocycles. The van der Waals surface area contributed by atoms with Crippen LogP contribution in [0.25, 0.3) is 0 Å². The van der Waals surface area contributed by atoms with E-state index in [0.717, 1.165) is 5.69 Å². The molecule has 0 radical (unpaired) electrons. The zero-order chi connectivity index (χ0) is 18.5. The summed E-state index contributed by atoms with van der Waals surface area (Å²) < 4.78 is 18.2. The van der Waals surface area contributed by atoms with Gasteiger partial charge in [-0.2, -0.15) is 0 Å². The maximum atomic E-state index is 13.4. The van der Waals surface area contributed by atoms with Gasteiger partial charge < -0.3 is 23.4 Å². The number of rotatable bonds is 7. The largest absolute Gasteiger partial charge is 0.496 e. The van der Waals surface area contributed by atoms with Crippen molar-refractivity contribution in [3.8, 4) is 11.5 Å². The number of carbonyl (C=O) groups is 1. The number of aryl methyl sites for hydroxylation is 1. The number of amides is 1. The maximum absolute atomic E-state index is 13.4. The SMILES string of the molecule is COc1cccc(OC)c1C(=O)N(Cc1ccco1)Cc1cccn1C. The van der Waals surface area contributed by atoms with Crippen LogP contribution in [0.3, 0.4) is 0 Å². The normalized spacial score (nSPS) is 10.6. The number of benzene rings is 1. The average molecular weight is 354 g/mol.